The van der Waals surface area contributed by atoms with Crippen LogP contribution < -0.4 is 5.56 Å². The summed E-state index contributed by atoms with van der Waals surface area (Å²) in [6, 6.07) is 12.5. The molecule has 0 aliphatic heterocycles. The van der Waals surface area contributed by atoms with E-state index >= 15 is 0 Å². The number of rotatable bonds is 5. The van der Waals surface area contributed by atoms with E-state index in [4.69, 9.17) is 0 Å². The molecule has 7 heteroatoms. The summed E-state index contributed by atoms with van der Waals surface area (Å²) in [5.74, 6) is -0.0258. The van der Waals surface area contributed by atoms with Gasteiger partial charge in [-0.3, -0.25) is 9.69 Å². The van der Waals surface area contributed by atoms with Crippen LogP contribution in [0, 0.1) is 11.6 Å². The molecule has 0 saturated carbocycles. The van der Waals surface area contributed by atoms with Gasteiger partial charge in [0.15, 0.2) is 0 Å². The third-order valence-electron chi connectivity index (χ3n) is 5.06. The SMILES string of the molecule is C[C@H](c1ccc(F)cc1)N(C)Cc1nc2scc(-c3ccc(F)cc3)c2c(=O)[nH]1. The summed E-state index contributed by atoms with van der Waals surface area (Å²) in [4.78, 5) is 22.9. The Morgan fingerprint density at radius 2 is 1.69 bits per heavy atom. The zero-order valence-electron chi connectivity index (χ0n) is 15.9. The molecule has 4 rings (SSSR count). The molecule has 1 N–H and O–H groups in total. The van der Waals surface area contributed by atoms with Crippen LogP contribution >= 0.6 is 11.3 Å². The minimum Gasteiger partial charge on any atom is -0.309 e. The smallest absolute Gasteiger partial charge is 0.260 e. The fraction of sp³-hybridized carbons (Fsp3) is 0.182. The largest absolute Gasteiger partial charge is 0.309 e. The lowest BCUT2D eigenvalue weighted by Crippen LogP contribution is -2.24. The number of nitrogens with zero attached hydrogens (tertiary/aromatic N) is 2. The monoisotopic (exact) mass is 411 g/mol. The van der Waals surface area contributed by atoms with E-state index in [0.717, 1.165) is 16.7 Å². The Balaban J connectivity index is 1.61. The first-order chi connectivity index (χ1) is 13.9. The van der Waals surface area contributed by atoms with Crippen molar-refractivity contribution >= 4 is 21.6 Å². The quantitative estimate of drug-likeness (QED) is 0.496. The molecule has 0 radical (unpaired) electrons. The summed E-state index contributed by atoms with van der Waals surface area (Å²) in [7, 11) is 1.93. The van der Waals surface area contributed by atoms with Gasteiger partial charge >= 0.3 is 0 Å². The van der Waals surface area contributed by atoms with E-state index in [0.29, 0.717) is 22.6 Å². The molecule has 2 heterocycles. The number of H-pyrrole nitrogens is 1. The molecular weight excluding hydrogens is 392 g/mol. The van der Waals surface area contributed by atoms with E-state index in [2.05, 4.69) is 9.97 Å². The van der Waals surface area contributed by atoms with Gasteiger partial charge in [-0.25, -0.2) is 13.8 Å². The van der Waals surface area contributed by atoms with Crippen molar-refractivity contribution in [2.45, 2.75) is 19.5 Å². The van der Waals surface area contributed by atoms with Gasteiger partial charge < -0.3 is 4.98 Å². The molecule has 2 aromatic heterocycles. The third-order valence-corrected chi connectivity index (χ3v) is 5.93. The van der Waals surface area contributed by atoms with Crippen LogP contribution in [-0.2, 0) is 6.54 Å². The Hall–Kier alpha value is -2.90. The number of hydrogen-bond acceptors (Lipinski definition) is 4. The van der Waals surface area contributed by atoms with Gasteiger partial charge in [0.2, 0.25) is 0 Å². The highest BCUT2D eigenvalue weighted by atomic mass is 32.1. The van der Waals surface area contributed by atoms with E-state index in [1.54, 1.807) is 24.3 Å². The highest BCUT2D eigenvalue weighted by Crippen LogP contribution is 2.31. The molecule has 0 bridgehead atoms. The molecule has 0 saturated heterocycles. The molecule has 0 amide bonds. The van der Waals surface area contributed by atoms with Gasteiger partial charge in [-0.2, -0.15) is 0 Å². The topological polar surface area (TPSA) is 49.0 Å². The minimum absolute atomic E-state index is 0.0229. The van der Waals surface area contributed by atoms with Crippen molar-refractivity contribution < 1.29 is 8.78 Å². The van der Waals surface area contributed by atoms with Crippen LogP contribution in [0.15, 0.2) is 58.7 Å². The van der Waals surface area contributed by atoms with Crippen molar-refractivity contribution in [3.63, 3.8) is 0 Å². The molecule has 0 unspecified atom stereocenters. The van der Waals surface area contributed by atoms with Gasteiger partial charge in [-0.05, 0) is 49.4 Å². The lowest BCUT2D eigenvalue weighted by Gasteiger charge is -2.24. The van der Waals surface area contributed by atoms with Gasteiger partial charge in [0.1, 0.15) is 22.3 Å². The highest BCUT2D eigenvalue weighted by molar-refractivity contribution is 7.17. The molecule has 29 heavy (non-hydrogen) atoms. The third kappa shape index (κ3) is 3.97. The van der Waals surface area contributed by atoms with Crippen LogP contribution in [0.4, 0.5) is 8.78 Å². The Kier molecular flexibility index (Phi) is 5.25. The number of halogens is 2. The Morgan fingerprint density at radius 1 is 1.07 bits per heavy atom. The van der Waals surface area contributed by atoms with E-state index in [9.17, 15) is 13.6 Å². The second-order valence-electron chi connectivity index (χ2n) is 6.99. The number of benzene rings is 2. The molecule has 0 aliphatic rings. The van der Waals surface area contributed by atoms with Gasteiger partial charge in [-0.15, -0.1) is 11.3 Å². The van der Waals surface area contributed by atoms with Crippen LogP contribution in [-0.4, -0.2) is 21.9 Å². The predicted molar refractivity (Wildman–Crippen MR) is 112 cm³/mol. The number of hydrogen-bond donors (Lipinski definition) is 1. The van der Waals surface area contributed by atoms with Crippen molar-refractivity contribution in [3.05, 3.63) is 87.3 Å². The van der Waals surface area contributed by atoms with Crippen molar-refractivity contribution in [2.24, 2.45) is 0 Å². The van der Waals surface area contributed by atoms with Crippen molar-refractivity contribution in [3.8, 4) is 11.1 Å². The lowest BCUT2D eigenvalue weighted by molar-refractivity contribution is 0.247. The van der Waals surface area contributed by atoms with E-state index in [-0.39, 0.29) is 23.2 Å². The average Bonchev–Trinajstić information content (AvgIpc) is 3.13. The first-order valence-electron chi connectivity index (χ1n) is 9.14. The van der Waals surface area contributed by atoms with Gasteiger partial charge in [-0.1, -0.05) is 24.3 Å². The molecule has 0 fully saturated rings. The first kappa shape index (κ1) is 19.4. The number of nitrogens with one attached hydrogen (secondary N) is 1. The van der Waals surface area contributed by atoms with Crippen LogP contribution in [0.5, 0.6) is 0 Å². The zero-order chi connectivity index (χ0) is 20.5. The fourth-order valence-electron chi connectivity index (χ4n) is 3.28. The first-order valence-corrected chi connectivity index (χ1v) is 10.0. The molecular formula is C22H19F2N3OS. The fourth-order valence-corrected chi connectivity index (χ4v) is 4.25. The second-order valence-corrected chi connectivity index (χ2v) is 7.85. The molecule has 2 aromatic carbocycles. The Morgan fingerprint density at radius 3 is 2.34 bits per heavy atom. The molecule has 4 nitrogen and oxygen atoms in total. The normalized spacial score (nSPS) is 12.6. The number of fused-ring (bicyclic) bond motifs is 1. The zero-order valence-corrected chi connectivity index (χ0v) is 16.8. The summed E-state index contributed by atoms with van der Waals surface area (Å²) < 4.78 is 26.4. The summed E-state index contributed by atoms with van der Waals surface area (Å²) >= 11 is 1.39. The van der Waals surface area contributed by atoms with E-state index in [1.807, 2.05) is 24.3 Å². The molecule has 1 atom stereocenters. The minimum atomic E-state index is -0.319. The maximum Gasteiger partial charge on any atom is 0.260 e. The second kappa shape index (κ2) is 7.85. The molecule has 0 aliphatic carbocycles. The van der Waals surface area contributed by atoms with Crippen molar-refractivity contribution in [2.75, 3.05) is 7.05 Å². The van der Waals surface area contributed by atoms with E-state index < -0.39 is 0 Å². The van der Waals surface area contributed by atoms with Crippen molar-refractivity contribution in [1.82, 2.24) is 14.9 Å². The van der Waals surface area contributed by atoms with Gasteiger partial charge in [0, 0.05) is 17.0 Å². The van der Waals surface area contributed by atoms with Crippen LogP contribution in [0.3, 0.4) is 0 Å². The predicted octanol–water partition coefficient (Wildman–Crippen LogP) is 5.12. The molecule has 148 valence electrons. The van der Waals surface area contributed by atoms with Crippen molar-refractivity contribution in [1.29, 1.82) is 0 Å². The van der Waals surface area contributed by atoms with Gasteiger partial charge in [0.05, 0.1) is 11.9 Å². The lowest BCUT2D eigenvalue weighted by atomic mass is 10.1. The highest BCUT2D eigenvalue weighted by Gasteiger charge is 2.16. The van der Waals surface area contributed by atoms with Crippen LogP contribution in [0.1, 0.15) is 24.4 Å². The summed E-state index contributed by atoms with van der Waals surface area (Å²) in [5.41, 5.74) is 2.29. The van der Waals surface area contributed by atoms with Crippen LogP contribution in [0.2, 0.25) is 0 Å². The van der Waals surface area contributed by atoms with Crippen LogP contribution in [0.25, 0.3) is 21.3 Å². The van der Waals surface area contributed by atoms with E-state index in [1.165, 1.54) is 35.6 Å². The average molecular weight is 411 g/mol. The Bertz CT molecular complexity index is 1200. The Labute approximate surface area is 170 Å². The standard InChI is InChI=1S/C22H19F2N3OS/c1-13(14-3-7-16(23)8-4-14)27(2)11-19-25-21(28)20-18(12-29-22(20)26-19)15-5-9-17(24)10-6-15/h3-10,12-13H,11H2,1-2H3,(H,25,26,28)/t13-/m1/s1. The maximum atomic E-state index is 13.2. The van der Waals surface area contributed by atoms with Gasteiger partial charge in [0.25, 0.3) is 5.56 Å². The summed E-state index contributed by atoms with van der Waals surface area (Å²) in [6.45, 7) is 2.45. The molecule has 4 aromatic rings. The number of aromatic amines is 1. The number of aromatic nitrogens is 2. The maximum absolute atomic E-state index is 13.2. The summed E-state index contributed by atoms with van der Waals surface area (Å²) in [6.07, 6.45) is 0. The summed E-state index contributed by atoms with van der Waals surface area (Å²) in [5, 5.41) is 2.38. The molecule has 0 spiro atoms. The number of thiophene rings is 1.